The molecule has 1 aliphatic rings. The summed E-state index contributed by atoms with van der Waals surface area (Å²) in [7, 11) is -3.88. The van der Waals surface area contributed by atoms with Crippen molar-refractivity contribution in [2.45, 2.75) is 18.7 Å². The Hall–Kier alpha value is -3.37. The number of nitrogens with zero attached hydrogens (tertiary/aromatic N) is 2. The normalized spacial score (nSPS) is 13.9. The van der Waals surface area contributed by atoms with Crippen molar-refractivity contribution < 1.29 is 17.9 Å². The van der Waals surface area contributed by atoms with Crippen LogP contribution < -0.4 is 10.0 Å². The molecule has 10 heteroatoms. The molecule has 33 heavy (non-hydrogen) atoms. The topological polar surface area (TPSA) is 110 Å². The van der Waals surface area contributed by atoms with Crippen LogP contribution in [-0.2, 0) is 19.6 Å². The predicted octanol–water partition coefficient (Wildman–Crippen LogP) is 3.96. The van der Waals surface area contributed by atoms with E-state index in [1.165, 1.54) is 24.3 Å². The summed E-state index contributed by atoms with van der Waals surface area (Å²) in [5.74, 6) is 0.628. The lowest BCUT2D eigenvalue weighted by Gasteiger charge is -2.20. The highest BCUT2D eigenvalue weighted by atomic mass is 32.2. The van der Waals surface area contributed by atoms with Gasteiger partial charge in [-0.1, -0.05) is 30.3 Å². The number of sulfonamides is 1. The average Bonchev–Trinajstić information content (AvgIpc) is 2.79. The zero-order chi connectivity index (χ0) is 23.4. The first-order valence-electron chi connectivity index (χ1n) is 10.1. The first kappa shape index (κ1) is 22.8. The van der Waals surface area contributed by atoms with Crippen LogP contribution in [0.2, 0.25) is 0 Å². The fourth-order valence-corrected chi connectivity index (χ4v) is 5.15. The number of aromatic nitrogens is 2. The molecule has 2 N–H and O–H groups in total. The van der Waals surface area contributed by atoms with Gasteiger partial charge in [-0.2, -0.15) is 0 Å². The van der Waals surface area contributed by atoms with Crippen LogP contribution in [0, 0.1) is 13.8 Å². The molecule has 0 saturated heterocycles. The van der Waals surface area contributed by atoms with Crippen LogP contribution in [0.25, 0.3) is 4.91 Å². The van der Waals surface area contributed by atoms with Crippen molar-refractivity contribution in [2.24, 2.45) is 0 Å². The summed E-state index contributed by atoms with van der Waals surface area (Å²) in [6.45, 7) is 3.96. The molecule has 0 aliphatic carbocycles. The Morgan fingerprint density at radius 2 is 1.67 bits per heavy atom. The molecule has 8 nitrogen and oxygen atoms in total. The van der Waals surface area contributed by atoms with Gasteiger partial charge in [0.25, 0.3) is 15.9 Å². The van der Waals surface area contributed by atoms with Crippen LogP contribution in [0.15, 0.2) is 71.3 Å². The van der Waals surface area contributed by atoms with Gasteiger partial charge in [0.05, 0.1) is 16.4 Å². The van der Waals surface area contributed by atoms with Crippen molar-refractivity contribution in [1.82, 2.24) is 9.97 Å². The molecule has 0 bridgehead atoms. The maximum atomic E-state index is 12.9. The highest BCUT2D eigenvalue weighted by Gasteiger charge is 2.23. The fraction of sp³-hybridized carbons (Fsp3) is 0.174. The minimum Gasteiger partial charge on any atom is -0.486 e. The molecule has 0 spiro atoms. The number of carbonyl (C=O) groups excluding carboxylic acids is 1. The van der Waals surface area contributed by atoms with E-state index in [1.54, 1.807) is 31.7 Å². The first-order valence-corrected chi connectivity index (χ1v) is 12.6. The van der Waals surface area contributed by atoms with E-state index >= 15 is 0 Å². The van der Waals surface area contributed by atoms with Crippen LogP contribution in [0.5, 0.6) is 0 Å². The van der Waals surface area contributed by atoms with Gasteiger partial charge in [-0.05, 0) is 49.7 Å². The average molecular weight is 483 g/mol. The number of hydrogen-bond acceptors (Lipinski definition) is 7. The summed E-state index contributed by atoms with van der Waals surface area (Å²) in [5.41, 5.74) is 2.67. The second-order valence-electron chi connectivity index (χ2n) is 7.28. The zero-order valence-electron chi connectivity index (χ0n) is 18.0. The lowest BCUT2D eigenvalue weighted by molar-refractivity contribution is -0.115. The number of ether oxygens (including phenoxy) is 1. The summed E-state index contributed by atoms with van der Waals surface area (Å²) < 4.78 is 33.4. The molecular formula is C23H22N4O4S2. The summed E-state index contributed by atoms with van der Waals surface area (Å²) >= 11 is 1.57. The van der Waals surface area contributed by atoms with E-state index in [1.807, 2.05) is 30.3 Å². The number of rotatable bonds is 6. The second-order valence-corrected chi connectivity index (χ2v) is 10.1. The van der Waals surface area contributed by atoms with Gasteiger partial charge >= 0.3 is 0 Å². The van der Waals surface area contributed by atoms with Gasteiger partial charge < -0.3 is 10.1 Å². The lowest BCUT2D eigenvalue weighted by Crippen LogP contribution is -2.21. The standard InChI is InChI=1S/C23H22N4O4S2/c1-15-14-16(2)25-23(24-15)27-33(29,30)19-10-8-18(9-11-19)26-22(28)20-21(32-13-12-31-20)17-6-4-3-5-7-17/h3-11,14H,12-13H2,1-2H3,(H,26,28)(H,24,25,27). The molecule has 0 saturated carbocycles. The summed E-state index contributed by atoms with van der Waals surface area (Å²) in [6, 6.07) is 17.2. The molecule has 3 aromatic rings. The quantitative estimate of drug-likeness (QED) is 0.547. The minimum absolute atomic E-state index is 0.0113. The van der Waals surface area contributed by atoms with Gasteiger partial charge in [-0.3, -0.25) is 4.79 Å². The summed E-state index contributed by atoms with van der Waals surface area (Å²) in [5, 5.41) is 2.78. The number of thioether (sulfide) groups is 1. The third-order valence-corrected chi connectivity index (χ3v) is 7.08. The van der Waals surface area contributed by atoms with Crippen molar-refractivity contribution >= 4 is 44.2 Å². The van der Waals surface area contributed by atoms with Crippen LogP contribution in [0.1, 0.15) is 17.0 Å². The summed E-state index contributed by atoms with van der Waals surface area (Å²) in [4.78, 5) is 21.9. The van der Waals surface area contributed by atoms with Gasteiger partial charge in [0.15, 0.2) is 5.76 Å². The largest absolute Gasteiger partial charge is 0.486 e. The SMILES string of the molecule is Cc1cc(C)nc(NS(=O)(=O)c2ccc(NC(=O)C3=C(c4ccccc4)SCCO3)cc2)n1. The maximum absolute atomic E-state index is 12.9. The Bertz CT molecular complexity index is 1290. The molecular weight excluding hydrogens is 460 g/mol. The highest BCUT2D eigenvalue weighted by molar-refractivity contribution is 8.08. The number of anilines is 2. The molecule has 0 unspecified atom stereocenters. The molecule has 2 heterocycles. The van der Waals surface area contributed by atoms with Gasteiger partial charge in [-0.25, -0.2) is 23.1 Å². The fourth-order valence-electron chi connectivity index (χ4n) is 3.25. The second kappa shape index (κ2) is 9.63. The number of hydrogen-bond donors (Lipinski definition) is 2. The van der Waals surface area contributed by atoms with E-state index in [0.717, 1.165) is 16.2 Å². The molecule has 170 valence electrons. The lowest BCUT2D eigenvalue weighted by atomic mass is 10.2. The molecule has 4 rings (SSSR count). The molecule has 1 aromatic heterocycles. The maximum Gasteiger partial charge on any atom is 0.291 e. The van der Waals surface area contributed by atoms with Crippen LogP contribution in [-0.4, -0.2) is 36.7 Å². The van der Waals surface area contributed by atoms with Crippen LogP contribution in [0.3, 0.4) is 0 Å². The molecule has 2 aromatic carbocycles. The Balaban J connectivity index is 1.51. The van der Waals surface area contributed by atoms with Crippen molar-refractivity contribution in [1.29, 1.82) is 0 Å². The van der Waals surface area contributed by atoms with Crippen molar-refractivity contribution in [3.8, 4) is 0 Å². The van der Waals surface area contributed by atoms with Crippen LogP contribution in [0.4, 0.5) is 11.6 Å². The number of nitrogens with one attached hydrogen (secondary N) is 2. The third-order valence-electron chi connectivity index (χ3n) is 4.65. The Labute approximate surface area is 196 Å². The van der Waals surface area contributed by atoms with Gasteiger partial charge in [0.1, 0.15) is 0 Å². The van der Waals surface area contributed by atoms with E-state index < -0.39 is 15.9 Å². The van der Waals surface area contributed by atoms with Crippen molar-refractivity contribution in [3.05, 3.63) is 83.4 Å². The first-order chi connectivity index (χ1) is 15.8. The Morgan fingerprint density at radius 3 is 2.33 bits per heavy atom. The zero-order valence-corrected chi connectivity index (χ0v) is 19.7. The van der Waals surface area contributed by atoms with Crippen molar-refractivity contribution in [2.75, 3.05) is 22.4 Å². The smallest absolute Gasteiger partial charge is 0.291 e. The van der Waals surface area contributed by atoms with E-state index in [2.05, 4.69) is 20.0 Å². The molecule has 0 radical (unpaired) electrons. The van der Waals surface area contributed by atoms with Gasteiger partial charge in [-0.15, -0.1) is 11.8 Å². The third kappa shape index (κ3) is 5.52. The van der Waals surface area contributed by atoms with E-state index in [-0.39, 0.29) is 16.6 Å². The van der Waals surface area contributed by atoms with E-state index in [4.69, 9.17) is 4.74 Å². The Kier molecular flexibility index (Phi) is 6.66. The molecule has 0 fully saturated rings. The van der Waals surface area contributed by atoms with Crippen molar-refractivity contribution in [3.63, 3.8) is 0 Å². The molecule has 1 aliphatic heterocycles. The number of carbonyl (C=O) groups is 1. The van der Waals surface area contributed by atoms with Gasteiger partial charge in [0, 0.05) is 22.8 Å². The molecule has 0 atom stereocenters. The Morgan fingerprint density at radius 1 is 1.00 bits per heavy atom. The van der Waals surface area contributed by atoms with E-state index in [0.29, 0.717) is 23.7 Å². The monoisotopic (exact) mass is 482 g/mol. The number of amides is 1. The number of aryl methyl sites for hydroxylation is 2. The highest BCUT2D eigenvalue weighted by Crippen LogP contribution is 2.35. The van der Waals surface area contributed by atoms with Crippen LogP contribution >= 0.6 is 11.8 Å². The van der Waals surface area contributed by atoms with Gasteiger partial charge in [0.2, 0.25) is 5.95 Å². The number of benzene rings is 2. The summed E-state index contributed by atoms with van der Waals surface area (Å²) in [6.07, 6.45) is 0. The van der Waals surface area contributed by atoms with E-state index in [9.17, 15) is 13.2 Å². The molecule has 1 amide bonds. The minimum atomic E-state index is -3.88. The predicted molar refractivity (Wildman–Crippen MR) is 129 cm³/mol.